The first-order valence-electron chi connectivity index (χ1n) is 14.8. The number of nitrogens with zero attached hydrogens (tertiary/aromatic N) is 3. The minimum absolute atomic E-state index is 0.0567. The van der Waals surface area contributed by atoms with Crippen LogP contribution in [0.2, 0.25) is 0 Å². The van der Waals surface area contributed by atoms with Gasteiger partial charge in [-0.05, 0) is 54.5 Å². The first kappa shape index (κ1) is 27.6. The molecular weight excluding hydrogens is 496 g/mol. The predicted octanol–water partition coefficient (Wildman–Crippen LogP) is 6.18. The van der Waals surface area contributed by atoms with Crippen LogP contribution in [0.1, 0.15) is 56.3 Å². The van der Waals surface area contributed by atoms with Crippen molar-refractivity contribution in [1.29, 1.82) is 0 Å². The van der Waals surface area contributed by atoms with E-state index in [1.807, 2.05) is 53.4 Å². The molecule has 0 unspecified atom stereocenters. The van der Waals surface area contributed by atoms with Gasteiger partial charge in [0, 0.05) is 26.1 Å². The molecule has 4 aromatic rings. The molecule has 2 heterocycles. The molecule has 0 atom stereocenters. The zero-order chi connectivity index (χ0) is 27.6. The Hall–Kier alpha value is -3.93. The Morgan fingerprint density at radius 1 is 0.750 bits per heavy atom. The molecule has 1 N–H and O–H groups in total. The van der Waals surface area contributed by atoms with Gasteiger partial charge in [0.15, 0.2) is 0 Å². The lowest BCUT2D eigenvalue weighted by atomic mass is 10.0. The molecule has 40 heavy (non-hydrogen) atoms. The zero-order valence-corrected chi connectivity index (χ0v) is 23.4. The van der Waals surface area contributed by atoms with E-state index in [0.29, 0.717) is 19.5 Å². The summed E-state index contributed by atoms with van der Waals surface area (Å²) in [4.78, 5) is 32.5. The SMILES string of the molecule is O=C(Cc1ccc(-c2ccccc2)cc1)NCCCCCc1nc2ccccc2n1CC(=O)N1CCCCCC1. The van der Waals surface area contributed by atoms with Crippen molar-refractivity contribution in [3.63, 3.8) is 0 Å². The van der Waals surface area contributed by atoms with Gasteiger partial charge in [0.05, 0.1) is 17.5 Å². The van der Waals surface area contributed by atoms with E-state index in [1.165, 1.54) is 18.4 Å². The number of carbonyl (C=O) groups is 2. The lowest BCUT2D eigenvalue weighted by Gasteiger charge is -2.21. The van der Waals surface area contributed by atoms with Crippen LogP contribution in [0.15, 0.2) is 78.9 Å². The van der Waals surface area contributed by atoms with Crippen LogP contribution in [0.5, 0.6) is 0 Å². The molecule has 6 heteroatoms. The second kappa shape index (κ2) is 13.9. The van der Waals surface area contributed by atoms with E-state index >= 15 is 0 Å². The fraction of sp³-hybridized carbons (Fsp3) is 0.382. The molecule has 0 aliphatic carbocycles. The van der Waals surface area contributed by atoms with Crippen LogP contribution in [-0.4, -0.2) is 45.9 Å². The predicted molar refractivity (Wildman–Crippen MR) is 161 cm³/mol. The average molecular weight is 537 g/mol. The van der Waals surface area contributed by atoms with E-state index in [2.05, 4.69) is 40.2 Å². The largest absolute Gasteiger partial charge is 0.356 e. The molecule has 208 valence electrons. The monoisotopic (exact) mass is 536 g/mol. The summed E-state index contributed by atoms with van der Waals surface area (Å²) in [6.07, 6.45) is 8.73. The van der Waals surface area contributed by atoms with Gasteiger partial charge in [-0.2, -0.15) is 0 Å². The zero-order valence-electron chi connectivity index (χ0n) is 23.4. The van der Waals surface area contributed by atoms with Gasteiger partial charge >= 0.3 is 0 Å². The van der Waals surface area contributed by atoms with E-state index in [0.717, 1.165) is 79.6 Å². The van der Waals surface area contributed by atoms with E-state index < -0.39 is 0 Å². The number of carbonyl (C=O) groups excluding carboxylic acids is 2. The number of aromatic nitrogens is 2. The Kier molecular flexibility index (Phi) is 9.62. The second-order valence-electron chi connectivity index (χ2n) is 10.8. The maximum absolute atomic E-state index is 13.1. The number of rotatable bonds is 11. The van der Waals surface area contributed by atoms with E-state index in [4.69, 9.17) is 4.98 Å². The highest BCUT2D eigenvalue weighted by atomic mass is 16.2. The highest BCUT2D eigenvalue weighted by Crippen LogP contribution is 2.20. The van der Waals surface area contributed by atoms with Crippen molar-refractivity contribution in [1.82, 2.24) is 19.8 Å². The van der Waals surface area contributed by atoms with Gasteiger partial charge < -0.3 is 14.8 Å². The minimum Gasteiger partial charge on any atom is -0.356 e. The summed E-state index contributed by atoms with van der Waals surface area (Å²) in [6.45, 7) is 2.76. The van der Waals surface area contributed by atoms with Crippen molar-refractivity contribution in [2.45, 2.75) is 64.3 Å². The number of likely N-dealkylation sites (tertiary alicyclic amines) is 1. The van der Waals surface area contributed by atoms with E-state index in [-0.39, 0.29) is 11.8 Å². The van der Waals surface area contributed by atoms with Crippen LogP contribution >= 0.6 is 0 Å². The Morgan fingerprint density at radius 2 is 1.45 bits per heavy atom. The number of amides is 2. The summed E-state index contributed by atoms with van der Waals surface area (Å²) < 4.78 is 2.12. The Balaban J connectivity index is 1.07. The van der Waals surface area contributed by atoms with Gasteiger partial charge in [-0.3, -0.25) is 9.59 Å². The number of benzene rings is 3. The Bertz CT molecular complexity index is 1390. The minimum atomic E-state index is 0.0567. The van der Waals surface area contributed by atoms with Gasteiger partial charge in [-0.1, -0.05) is 86.0 Å². The third-order valence-corrected chi connectivity index (χ3v) is 7.81. The van der Waals surface area contributed by atoms with Crippen molar-refractivity contribution >= 4 is 22.8 Å². The number of unbranched alkanes of at least 4 members (excludes halogenated alkanes) is 2. The van der Waals surface area contributed by atoms with Crippen LogP contribution in [-0.2, 0) is 29.0 Å². The van der Waals surface area contributed by atoms with Gasteiger partial charge in [0.1, 0.15) is 12.4 Å². The highest BCUT2D eigenvalue weighted by Gasteiger charge is 2.19. The van der Waals surface area contributed by atoms with Crippen molar-refractivity contribution in [2.24, 2.45) is 0 Å². The summed E-state index contributed by atoms with van der Waals surface area (Å²) in [5, 5.41) is 3.07. The van der Waals surface area contributed by atoms with Gasteiger partial charge in [-0.15, -0.1) is 0 Å². The number of nitrogens with one attached hydrogen (secondary N) is 1. The van der Waals surface area contributed by atoms with Crippen LogP contribution < -0.4 is 5.32 Å². The van der Waals surface area contributed by atoms with E-state index in [9.17, 15) is 9.59 Å². The molecule has 1 aliphatic rings. The van der Waals surface area contributed by atoms with Gasteiger partial charge in [-0.25, -0.2) is 4.98 Å². The fourth-order valence-electron chi connectivity index (χ4n) is 5.55. The summed E-state index contributed by atoms with van der Waals surface area (Å²) in [7, 11) is 0. The third-order valence-electron chi connectivity index (χ3n) is 7.81. The van der Waals surface area contributed by atoms with Crippen molar-refractivity contribution in [3.05, 3.63) is 90.3 Å². The molecule has 0 bridgehead atoms. The maximum atomic E-state index is 13.1. The molecule has 0 radical (unpaired) electrons. The van der Waals surface area contributed by atoms with Gasteiger partial charge in [0.2, 0.25) is 11.8 Å². The number of fused-ring (bicyclic) bond motifs is 1. The number of imidazole rings is 1. The quantitative estimate of drug-likeness (QED) is 0.233. The first-order valence-corrected chi connectivity index (χ1v) is 14.8. The summed E-state index contributed by atoms with van der Waals surface area (Å²) in [6, 6.07) is 26.6. The Labute approximate surface area is 237 Å². The second-order valence-corrected chi connectivity index (χ2v) is 10.8. The first-order chi connectivity index (χ1) is 19.7. The van der Waals surface area contributed by atoms with Crippen LogP contribution in [0, 0.1) is 0 Å². The molecule has 1 aliphatic heterocycles. The molecule has 3 aromatic carbocycles. The highest BCUT2D eigenvalue weighted by molar-refractivity contribution is 5.81. The maximum Gasteiger partial charge on any atom is 0.242 e. The van der Waals surface area contributed by atoms with Crippen LogP contribution in [0.4, 0.5) is 0 Å². The fourth-order valence-corrected chi connectivity index (χ4v) is 5.55. The van der Waals surface area contributed by atoms with Gasteiger partial charge in [0.25, 0.3) is 0 Å². The molecular formula is C34H40N4O2. The number of hydrogen-bond acceptors (Lipinski definition) is 3. The normalized spacial score (nSPS) is 13.8. The molecule has 1 aromatic heterocycles. The number of hydrogen-bond donors (Lipinski definition) is 1. The molecule has 1 fully saturated rings. The lowest BCUT2D eigenvalue weighted by molar-refractivity contribution is -0.131. The van der Waals surface area contributed by atoms with Crippen LogP contribution in [0.3, 0.4) is 0 Å². The molecule has 6 nitrogen and oxygen atoms in total. The summed E-state index contributed by atoms with van der Waals surface area (Å²) >= 11 is 0. The Morgan fingerprint density at radius 3 is 2.23 bits per heavy atom. The van der Waals surface area contributed by atoms with Crippen molar-refractivity contribution < 1.29 is 9.59 Å². The van der Waals surface area contributed by atoms with E-state index in [1.54, 1.807) is 0 Å². The number of aryl methyl sites for hydroxylation is 1. The van der Waals surface area contributed by atoms with Crippen molar-refractivity contribution in [2.75, 3.05) is 19.6 Å². The van der Waals surface area contributed by atoms with Crippen molar-refractivity contribution in [3.8, 4) is 11.1 Å². The number of para-hydroxylation sites is 2. The topological polar surface area (TPSA) is 67.2 Å². The smallest absolute Gasteiger partial charge is 0.242 e. The van der Waals surface area contributed by atoms with Crippen LogP contribution in [0.25, 0.3) is 22.2 Å². The summed E-state index contributed by atoms with van der Waals surface area (Å²) in [5.74, 6) is 1.23. The standard InChI is InChI=1S/C34H40N4O2/c39-33(25-27-18-20-29(21-19-27)28-13-5-3-6-14-28)35-22-10-4-7-17-32-36-30-15-8-9-16-31(30)38(32)26-34(40)37-23-11-1-2-12-24-37/h3,5-6,8-9,13-16,18-21H,1-2,4,7,10-12,17,22-26H2,(H,35,39). The molecule has 5 rings (SSSR count). The third kappa shape index (κ3) is 7.38. The molecule has 2 amide bonds. The molecule has 1 saturated heterocycles. The summed E-state index contributed by atoms with van der Waals surface area (Å²) in [5.41, 5.74) is 5.34. The molecule has 0 spiro atoms. The average Bonchev–Trinajstić information content (AvgIpc) is 3.13. The molecule has 0 saturated carbocycles. The lowest BCUT2D eigenvalue weighted by Crippen LogP contribution is -2.34.